The molecule has 0 aromatic carbocycles. The average molecular weight is 208 g/mol. The first kappa shape index (κ1) is 10.3. The summed E-state index contributed by atoms with van der Waals surface area (Å²) in [6.45, 7) is 1.99. The van der Waals surface area contributed by atoms with Gasteiger partial charge in [0.15, 0.2) is 5.82 Å². The van der Waals surface area contributed by atoms with Crippen LogP contribution in [0.2, 0.25) is 0 Å². The summed E-state index contributed by atoms with van der Waals surface area (Å²) in [6.07, 6.45) is 5.23. The molecule has 1 heterocycles. The largest absolute Gasteiger partial charge is 0.339 e. The fraction of sp³-hybridized carbons (Fsp3) is 0.727. The topological polar surface area (TPSA) is 56.0 Å². The van der Waals surface area contributed by atoms with Crippen LogP contribution in [0.3, 0.4) is 0 Å². The molecule has 1 saturated carbocycles. The number of hydrogen-bond donors (Lipinski definition) is 0. The third kappa shape index (κ3) is 3.15. The van der Waals surface area contributed by atoms with Gasteiger partial charge in [0.1, 0.15) is 5.78 Å². The van der Waals surface area contributed by atoms with E-state index in [0.29, 0.717) is 18.7 Å². The van der Waals surface area contributed by atoms with Gasteiger partial charge in [0.25, 0.3) is 0 Å². The summed E-state index contributed by atoms with van der Waals surface area (Å²) in [7, 11) is 0. The molecule has 82 valence electrons. The van der Waals surface area contributed by atoms with Crippen molar-refractivity contribution in [2.24, 2.45) is 5.92 Å². The van der Waals surface area contributed by atoms with Crippen LogP contribution in [0.4, 0.5) is 0 Å². The molecule has 2 rings (SSSR count). The van der Waals surface area contributed by atoms with Gasteiger partial charge in [0.2, 0.25) is 5.89 Å². The molecule has 0 saturated heterocycles. The molecule has 0 N–H and O–H groups in total. The molecule has 1 aromatic rings. The summed E-state index contributed by atoms with van der Waals surface area (Å²) < 4.78 is 5.03. The predicted octanol–water partition coefficient (Wildman–Crippen LogP) is 1.93. The van der Waals surface area contributed by atoms with Crippen LogP contribution in [0, 0.1) is 5.92 Å². The quantitative estimate of drug-likeness (QED) is 0.716. The number of ketones is 1. The molecule has 0 spiro atoms. The second-order valence-electron chi connectivity index (χ2n) is 4.22. The Morgan fingerprint density at radius 1 is 1.53 bits per heavy atom. The number of carbonyl (C=O) groups excluding carboxylic acids is 1. The summed E-state index contributed by atoms with van der Waals surface area (Å²) in [5.41, 5.74) is 0. The van der Waals surface area contributed by atoms with Gasteiger partial charge >= 0.3 is 0 Å². The highest BCUT2D eigenvalue weighted by Crippen LogP contribution is 2.31. The zero-order chi connectivity index (χ0) is 10.7. The van der Waals surface area contributed by atoms with E-state index in [0.717, 1.165) is 24.6 Å². The van der Waals surface area contributed by atoms with E-state index in [1.165, 1.54) is 12.8 Å². The maximum atomic E-state index is 11.3. The second kappa shape index (κ2) is 4.55. The van der Waals surface area contributed by atoms with Crippen LogP contribution in [-0.2, 0) is 17.6 Å². The Bertz CT molecular complexity index is 342. The van der Waals surface area contributed by atoms with Crippen LogP contribution in [0.25, 0.3) is 0 Å². The Balaban J connectivity index is 1.85. The van der Waals surface area contributed by atoms with Crippen molar-refractivity contribution in [3.63, 3.8) is 0 Å². The van der Waals surface area contributed by atoms with Crippen LogP contribution in [0.15, 0.2) is 4.52 Å². The highest BCUT2D eigenvalue weighted by Gasteiger charge is 2.24. The van der Waals surface area contributed by atoms with Crippen molar-refractivity contribution >= 4 is 5.78 Å². The Kier molecular flexibility index (Phi) is 3.14. The first-order chi connectivity index (χ1) is 7.28. The van der Waals surface area contributed by atoms with Gasteiger partial charge < -0.3 is 4.52 Å². The van der Waals surface area contributed by atoms with Gasteiger partial charge in [-0.1, -0.05) is 12.1 Å². The van der Waals surface area contributed by atoms with Crippen molar-refractivity contribution in [2.45, 2.75) is 45.4 Å². The van der Waals surface area contributed by atoms with Crippen molar-refractivity contribution in [1.82, 2.24) is 10.1 Å². The summed E-state index contributed by atoms with van der Waals surface area (Å²) in [5.74, 6) is 2.17. The van der Waals surface area contributed by atoms with Crippen LogP contribution < -0.4 is 0 Å². The average Bonchev–Trinajstić information content (AvgIpc) is 2.88. The molecule has 1 aromatic heterocycles. The molecule has 0 atom stereocenters. The van der Waals surface area contributed by atoms with Crippen LogP contribution in [0.5, 0.6) is 0 Å². The number of rotatable bonds is 6. The fourth-order valence-electron chi connectivity index (χ4n) is 1.56. The molecule has 1 aliphatic carbocycles. The first-order valence-corrected chi connectivity index (χ1v) is 5.61. The smallest absolute Gasteiger partial charge is 0.234 e. The lowest BCUT2D eigenvalue weighted by atomic mass is 10.2. The number of aromatic nitrogens is 2. The molecule has 0 unspecified atom stereocenters. The maximum Gasteiger partial charge on any atom is 0.234 e. The Morgan fingerprint density at radius 2 is 2.33 bits per heavy atom. The normalized spacial score (nSPS) is 15.5. The minimum absolute atomic E-state index is 0.180. The van der Waals surface area contributed by atoms with Gasteiger partial charge in [0.05, 0.1) is 6.42 Å². The molecule has 1 aliphatic rings. The Labute approximate surface area is 89.1 Å². The van der Waals surface area contributed by atoms with E-state index in [4.69, 9.17) is 4.52 Å². The van der Waals surface area contributed by atoms with Crippen LogP contribution in [0.1, 0.15) is 44.3 Å². The van der Waals surface area contributed by atoms with Crippen molar-refractivity contribution < 1.29 is 9.32 Å². The molecule has 0 amide bonds. The van der Waals surface area contributed by atoms with Crippen molar-refractivity contribution in [2.75, 3.05) is 0 Å². The van der Waals surface area contributed by atoms with Crippen molar-refractivity contribution in [1.29, 1.82) is 0 Å². The third-order valence-corrected chi connectivity index (χ3v) is 2.56. The van der Waals surface area contributed by atoms with E-state index in [1.807, 2.05) is 6.92 Å². The third-order valence-electron chi connectivity index (χ3n) is 2.56. The standard InChI is InChI=1S/C11H16N2O2/c1-2-3-9(14)7-11-12-10(13-15-11)6-8-4-5-8/h8H,2-7H2,1H3. The van der Waals surface area contributed by atoms with E-state index in [1.54, 1.807) is 0 Å². The minimum atomic E-state index is 0.180. The van der Waals surface area contributed by atoms with Crippen molar-refractivity contribution in [3.05, 3.63) is 11.7 Å². The lowest BCUT2D eigenvalue weighted by molar-refractivity contribution is -0.118. The Morgan fingerprint density at radius 3 is 3.00 bits per heavy atom. The summed E-state index contributed by atoms with van der Waals surface area (Å²) >= 11 is 0. The first-order valence-electron chi connectivity index (χ1n) is 5.61. The van der Waals surface area contributed by atoms with Crippen LogP contribution in [-0.4, -0.2) is 15.9 Å². The van der Waals surface area contributed by atoms with Crippen LogP contribution >= 0.6 is 0 Å². The summed E-state index contributed by atoms with van der Waals surface area (Å²) in [6, 6.07) is 0. The zero-order valence-electron chi connectivity index (χ0n) is 9.03. The number of carbonyl (C=O) groups is 1. The monoisotopic (exact) mass is 208 g/mol. The van der Waals surface area contributed by atoms with Gasteiger partial charge in [-0.05, 0) is 25.2 Å². The van der Waals surface area contributed by atoms with Gasteiger partial charge in [-0.2, -0.15) is 4.98 Å². The SMILES string of the molecule is CCCC(=O)Cc1nc(CC2CC2)no1. The number of nitrogens with zero attached hydrogens (tertiary/aromatic N) is 2. The summed E-state index contributed by atoms with van der Waals surface area (Å²) in [5, 5.41) is 3.87. The molecule has 1 fully saturated rings. The number of hydrogen-bond acceptors (Lipinski definition) is 4. The fourth-order valence-corrected chi connectivity index (χ4v) is 1.56. The maximum absolute atomic E-state index is 11.3. The molecule has 0 radical (unpaired) electrons. The Hall–Kier alpha value is -1.19. The highest BCUT2D eigenvalue weighted by atomic mass is 16.5. The van der Waals surface area contributed by atoms with Crippen molar-refractivity contribution in [3.8, 4) is 0 Å². The zero-order valence-corrected chi connectivity index (χ0v) is 9.03. The van der Waals surface area contributed by atoms with Gasteiger partial charge in [-0.3, -0.25) is 4.79 Å². The predicted molar refractivity (Wildman–Crippen MR) is 54.3 cm³/mol. The molecule has 4 heteroatoms. The lowest BCUT2D eigenvalue weighted by Crippen LogP contribution is -2.02. The molecule has 4 nitrogen and oxygen atoms in total. The second-order valence-corrected chi connectivity index (χ2v) is 4.22. The van der Waals surface area contributed by atoms with E-state index in [9.17, 15) is 4.79 Å². The van der Waals surface area contributed by atoms with Gasteiger partial charge in [-0.25, -0.2) is 0 Å². The summed E-state index contributed by atoms with van der Waals surface area (Å²) in [4.78, 5) is 15.5. The molecule has 0 aliphatic heterocycles. The van der Waals surface area contributed by atoms with E-state index in [-0.39, 0.29) is 5.78 Å². The van der Waals surface area contributed by atoms with E-state index in [2.05, 4.69) is 10.1 Å². The molecular formula is C11H16N2O2. The van der Waals surface area contributed by atoms with Gasteiger partial charge in [-0.15, -0.1) is 0 Å². The van der Waals surface area contributed by atoms with E-state index < -0.39 is 0 Å². The van der Waals surface area contributed by atoms with E-state index >= 15 is 0 Å². The number of Topliss-reactive ketones (excluding diaryl/α,β-unsaturated/α-hetero) is 1. The molecule has 0 bridgehead atoms. The minimum Gasteiger partial charge on any atom is -0.339 e. The molecular weight excluding hydrogens is 192 g/mol. The lowest BCUT2D eigenvalue weighted by Gasteiger charge is -1.91. The van der Waals surface area contributed by atoms with Gasteiger partial charge in [0, 0.05) is 12.8 Å². The molecule has 15 heavy (non-hydrogen) atoms. The highest BCUT2D eigenvalue weighted by molar-refractivity contribution is 5.79.